The Labute approximate surface area is 148 Å². The van der Waals surface area contributed by atoms with E-state index in [0.29, 0.717) is 11.3 Å². The largest absolute Gasteiger partial charge is 0.476 e. The zero-order valence-electron chi connectivity index (χ0n) is 13.8. The molecule has 8 nitrogen and oxygen atoms in total. The van der Waals surface area contributed by atoms with Gasteiger partial charge in [0.05, 0.1) is 17.6 Å². The Morgan fingerprint density at radius 1 is 1.00 bits per heavy atom. The molecule has 4 aromatic rings. The van der Waals surface area contributed by atoms with Crippen LogP contribution in [0.4, 0.5) is 0 Å². The van der Waals surface area contributed by atoms with Crippen LogP contribution in [0.2, 0.25) is 0 Å². The summed E-state index contributed by atoms with van der Waals surface area (Å²) in [5, 5.41) is 26.9. The molecular weight excluding hydrogens is 332 g/mol. The lowest BCUT2D eigenvalue weighted by Gasteiger charge is -2.06. The molecule has 2 heterocycles. The van der Waals surface area contributed by atoms with Gasteiger partial charge in [0.1, 0.15) is 5.69 Å². The summed E-state index contributed by atoms with van der Waals surface area (Å²) in [6, 6.07) is 15.5. The van der Waals surface area contributed by atoms with Gasteiger partial charge in [-0.05, 0) is 30.2 Å². The third kappa shape index (κ3) is 2.73. The van der Waals surface area contributed by atoms with Crippen molar-refractivity contribution in [1.82, 2.24) is 30.4 Å². The summed E-state index contributed by atoms with van der Waals surface area (Å²) in [6.07, 6.45) is 1.71. The Balaban J connectivity index is 1.62. The number of aryl methyl sites for hydroxylation is 1. The predicted molar refractivity (Wildman–Crippen MR) is 93.9 cm³/mol. The van der Waals surface area contributed by atoms with Crippen molar-refractivity contribution < 1.29 is 9.90 Å². The molecule has 2 aromatic heterocycles. The van der Waals surface area contributed by atoms with Crippen LogP contribution in [0.1, 0.15) is 16.2 Å². The zero-order valence-corrected chi connectivity index (χ0v) is 13.8. The number of carbonyl (C=O) groups is 1. The molecule has 0 fully saturated rings. The summed E-state index contributed by atoms with van der Waals surface area (Å²) >= 11 is 0. The maximum Gasteiger partial charge on any atom is 0.356 e. The highest BCUT2D eigenvalue weighted by molar-refractivity contribution is 5.92. The number of hydrogen-bond acceptors (Lipinski definition) is 5. The Bertz CT molecular complexity index is 1060. The Hall–Kier alpha value is -3.81. The number of aromatic amines is 1. The smallest absolute Gasteiger partial charge is 0.356 e. The van der Waals surface area contributed by atoms with Crippen LogP contribution >= 0.6 is 0 Å². The second kappa shape index (κ2) is 6.25. The van der Waals surface area contributed by atoms with Gasteiger partial charge in [-0.15, -0.1) is 10.2 Å². The standard InChI is InChI=1S/C18H14N6O2/c1-11-10-19-23-24(11)15-8-6-13(7-9-15)12-2-4-14(5-3-12)16-17(18(25)26)21-22-20-16/h2-10H,1H3,(H,25,26)(H,20,21,22). The van der Waals surface area contributed by atoms with Crippen molar-refractivity contribution in [2.45, 2.75) is 6.92 Å². The molecule has 0 saturated carbocycles. The number of benzene rings is 2. The minimum absolute atomic E-state index is 0.0229. The van der Waals surface area contributed by atoms with E-state index in [1.54, 1.807) is 10.9 Å². The summed E-state index contributed by atoms with van der Waals surface area (Å²) in [5.41, 5.74) is 4.94. The highest BCUT2D eigenvalue weighted by atomic mass is 16.4. The molecule has 0 aliphatic heterocycles. The minimum atomic E-state index is -1.09. The van der Waals surface area contributed by atoms with E-state index < -0.39 is 5.97 Å². The molecular formula is C18H14N6O2. The van der Waals surface area contributed by atoms with Crippen LogP contribution < -0.4 is 0 Å². The molecule has 0 radical (unpaired) electrons. The summed E-state index contributed by atoms with van der Waals surface area (Å²) < 4.78 is 1.77. The van der Waals surface area contributed by atoms with Gasteiger partial charge >= 0.3 is 5.97 Å². The van der Waals surface area contributed by atoms with E-state index in [2.05, 4.69) is 25.7 Å². The lowest BCUT2D eigenvalue weighted by molar-refractivity contribution is 0.0691. The third-order valence-corrected chi connectivity index (χ3v) is 4.09. The van der Waals surface area contributed by atoms with Gasteiger partial charge < -0.3 is 5.11 Å². The third-order valence-electron chi connectivity index (χ3n) is 4.09. The Morgan fingerprint density at radius 2 is 1.62 bits per heavy atom. The highest BCUT2D eigenvalue weighted by Crippen LogP contribution is 2.26. The summed E-state index contributed by atoms with van der Waals surface area (Å²) in [7, 11) is 0. The van der Waals surface area contributed by atoms with E-state index >= 15 is 0 Å². The number of carboxylic acid groups (broad SMARTS) is 1. The SMILES string of the molecule is Cc1cnnn1-c1ccc(-c2ccc(-c3nn[nH]c3C(=O)O)cc2)cc1. The van der Waals surface area contributed by atoms with Crippen LogP contribution in [0.15, 0.2) is 54.7 Å². The number of H-pyrrole nitrogens is 1. The number of hydrogen-bond donors (Lipinski definition) is 2. The number of nitrogens with zero attached hydrogens (tertiary/aromatic N) is 5. The molecule has 26 heavy (non-hydrogen) atoms. The van der Waals surface area contributed by atoms with Crippen molar-refractivity contribution in [3.05, 3.63) is 66.1 Å². The first-order chi connectivity index (χ1) is 12.6. The number of carboxylic acids is 1. The van der Waals surface area contributed by atoms with E-state index in [1.807, 2.05) is 55.5 Å². The van der Waals surface area contributed by atoms with Crippen molar-refractivity contribution in [3.8, 4) is 28.1 Å². The Kier molecular flexibility index (Phi) is 3.77. The average Bonchev–Trinajstić information content (AvgIpc) is 3.31. The van der Waals surface area contributed by atoms with Crippen molar-refractivity contribution in [3.63, 3.8) is 0 Å². The molecule has 0 spiro atoms. The van der Waals surface area contributed by atoms with Crippen molar-refractivity contribution >= 4 is 5.97 Å². The quantitative estimate of drug-likeness (QED) is 0.588. The van der Waals surface area contributed by atoms with Crippen LogP contribution in [0.3, 0.4) is 0 Å². The minimum Gasteiger partial charge on any atom is -0.476 e. The van der Waals surface area contributed by atoms with Gasteiger partial charge in [-0.1, -0.05) is 46.8 Å². The second-order valence-electron chi connectivity index (χ2n) is 5.75. The molecule has 0 unspecified atom stereocenters. The number of aromatic carboxylic acids is 1. The van der Waals surface area contributed by atoms with E-state index in [4.69, 9.17) is 5.11 Å². The molecule has 0 aliphatic carbocycles. The van der Waals surface area contributed by atoms with E-state index in [-0.39, 0.29) is 5.69 Å². The predicted octanol–water partition coefficient (Wildman–Crippen LogP) is 2.73. The molecule has 2 aromatic carbocycles. The van der Waals surface area contributed by atoms with Gasteiger partial charge in [0.15, 0.2) is 5.69 Å². The van der Waals surface area contributed by atoms with Gasteiger partial charge in [0.25, 0.3) is 0 Å². The fourth-order valence-electron chi connectivity index (χ4n) is 2.74. The molecule has 0 saturated heterocycles. The molecule has 8 heteroatoms. The molecule has 4 rings (SSSR count). The van der Waals surface area contributed by atoms with Gasteiger partial charge in [-0.25, -0.2) is 9.48 Å². The maximum absolute atomic E-state index is 11.2. The number of aromatic nitrogens is 6. The van der Waals surface area contributed by atoms with Crippen molar-refractivity contribution in [2.75, 3.05) is 0 Å². The summed E-state index contributed by atoms with van der Waals surface area (Å²) in [6.45, 7) is 1.95. The van der Waals surface area contributed by atoms with Crippen LogP contribution in [-0.2, 0) is 0 Å². The normalized spacial score (nSPS) is 10.8. The topological polar surface area (TPSA) is 110 Å². The fraction of sp³-hybridized carbons (Fsp3) is 0.0556. The van der Waals surface area contributed by atoms with Crippen LogP contribution in [0.5, 0.6) is 0 Å². The first-order valence-electron chi connectivity index (χ1n) is 7.86. The molecule has 128 valence electrons. The molecule has 0 atom stereocenters. The molecule has 0 amide bonds. The van der Waals surface area contributed by atoms with Gasteiger partial charge in [-0.3, -0.25) is 5.10 Å². The fourth-order valence-corrected chi connectivity index (χ4v) is 2.74. The Morgan fingerprint density at radius 3 is 2.19 bits per heavy atom. The highest BCUT2D eigenvalue weighted by Gasteiger charge is 2.15. The van der Waals surface area contributed by atoms with Crippen LogP contribution in [0.25, 0.3) is 28.1 Å². The van der Waals surface area contributed by atoms with Gasteiger partial charge in [0.2, 0.25) is 0 Å². The summed E-state index contributed by atoms with van der Waals surface area (Å²) in [5.74, 6) is -1.09. The first-order valence-corrected chi connectivity index (χ1v) is 7.86. The van der Waals surface area contributed by atoms with Crippen LogP contribution in [0, 0.1) is 6.92 Å². The maximum atomic E-state index is 11.2. The lowest BCUT2D eigenvalue weighted by Crippen LogP contribution is -1.99. The monoisotopic (exact) mass is 346 g/mol. The summed E-state index contributed by atoms with van der Waals surface area (Å²) in [4.78, 5) is 11.2. The zero-order chi connectivity index (χ0) is 18.1. The van der Waals surface area contributed by atoms with E-state index in [9.17, 15) is 4.79 Å². The molecule has 0 bridgehead atoms. The lowest BCUT2D eigenvalue weighted by atomic mass is 10.0. The van der Waals surface area contributed by atoms with Crippen molar-refractivity contribution in [1.29, 1.82) is 0 Å². The van der Waals surface area contributed by atoms with E-state index in [0.717, 1.165) is 22.5 Å². The first kappa shape index (κ1) is 15.7. The van der Waals surface area contributed by atoms with Gasteiger partial charge in [-0.2, -0.15) is 0 Å². The van der Waals surface area contributed by atoms with E-state index in [1.165, 1.54) is 0 Å². The molecule has 2 N–H and O–H groups in total. The van der Waals surface area contributed by atoms with Crippen molar-refractivity contribution in [2.24, 2.45) is 0 Å². The van der Waals surface area contributed by atoms with Gasteiger partial charge in [0, 0.05) is 5.56 Å². The number of nitrogens with one attached hydrogen (secondary N) is 1. The second-order valence-corrected chi connectivity index (χ2v) is 5.75. The average molecular weight is 346 g/mol. The number of rotatable bonds is 4. The van der Waals surface area contributed by atoms with Crippen LogP contribution in [-0.4, -0.2) is 41.5 Å². The molecule has 0 aliphatic rings.